The van der Waals surface area contributed by atoms with Crippen LogP contribution in [-0.2, 0) is 4.79 Å². The Labute approximate surface area is 149 Å². The minimum atomic E-state index is -0.409. The number of hydrogen-bond donors (Lipinski definition) is 3. The molecule has 0 aliphatic heterocycles. The highest BCUT2D eigenvalue weighted by Crippen LogP contribution is 2.33. The van der Waals surface area contributed by atoms with Gasteiger partial charge in [-0.3, -0.25) is 9.59 Å². The number of thiazole rings is 1. The van der Waals surface area contributed by atoms with Crippen LogP contribution in [0.25, 0.3) is 10.3 Å². The third kappa shape index (κ3) is 3.74. The fourth-order valence-electron chi connectivity index (χ4n) is 2.02. The average molecular weight is 379 g/mol. The molecule has 124 valence electrons. The predicted molar refractivity (Wildman–Crippen MR) is 99.5 cm³/mol. The fraction of sp³-hybridized carbons (Fsp3) is 0.133. The number of anilines is 1. The van der Waals surface area contributed by atoms with E-state index in [0.717, 1.165) is 16.6 Å². The Morgan fingerprint density at radius 2 is 2.21 bits per heavy atom. The summed E-state index contributed by atoms with van der Waals surface area (Å²) in [5.74, 6) is -0.0528. The molecule has 3 rings (SSSR count). The Hall–Kier alpha value is -1.97. The van der Waals surface area contributed by atoms with Crippen LogP contribution in [0.3, 0.4) is 0 Å². The number of aromatic hydroxyl groups is 1. The zero-order valence-corrected chi connectivity index (χ0v) is 15.0. The molecule has 3 aromatic rings. The van der Waals surface area contributed by atoms with Crippen LogP contribution < -0.4 is 10.9 Å². The van der Waals surface area contributed by atoms with E-state index in [1.807, 2.05) is 30.5 Å². The van der Waals surface area contributed by atoms with E-state index in [9.17, 15) is 14.7 Å². The molecule has 24 heavy (non-hydrogen) atoms. The van der Waals surface area contributed by atoms with Gasteiger partial charge in [-0.25, -0.2) is 4.98 Å². The number of aromatic nitrogens is 2. The summed E-state index contributed by atoms with van der Waals surface area (Å²) < 4.78 is 1.11. The number of pyridine rings is 1. The third-order valence-corrected chi connectivity index (χ3v) is 6.07. The largest absolute Gasteiger partial charge is 0.506 e. The Morgan fingerprint density at radius 3 is 3.00 bits per heavy atom. The van der Waals surface area contributed by atoms with Gasteiger partial charge in [-0.15, -0.1) is 23.1 Å². The highest BCUT2D eigenvalue weighted by atomic mass is 32.2. The van der Waals surface area contributed by atoms with Crippen LogP contribution in [0.1, 0.15) is 0 Å². The number of thioether (sulfide) groups is 2. The number of benzene rings is 1. The van der Waals surface area contributed by atoms with Gasteiger partial charge in [0.1, 0.15) is 10.4 Å². The molecule has 3 N–H and O–H groups in total. The molecule has 0 aliphatic rings. The molecule has 0 saturated carbocycles. The van der Waals surface area contributed by atoms with Crippen molar-refractivity contribution in [1.29, 1.82) is 0 Å². The lowest BCUT2D eigenvalue weighted by molar-refractivity contribution is -0.113. The summed E-state index contributed by atoms with van der Waals surface area (Å²) in [4.78, 5) is 31.2. The van der Waals surface area contributed by atoms with Gasteiger partial charge in [0.2, 0.25) is 5.91 Å². The van der Waals surface area contributed by atoms with Crippen molar-refractivity contribution >= 4 is 56.8 Å². The lowest BCUT2D eigenvalue weighted by Gasteiger charge is -2.08. The normalized spacial score (nSPS) is 10.9. The van der Waals surface area contributed by atoms with E-state index in [4.69, 9.17) is 0 Å². The van der Waals surface area contributed by atoms with Gasteiger partial charge >= 0.3 is 0 Å². The molecule has 0 radical (unpaired) electrons. The smallest absolute Gasteiger partial charge is 0.253 e. The molecule has 6 nitrogen and oxygen atoms in total. The zero-order chi connectivity index (χ0) is 17.1. The molecule has 0 unspecified atom stereocenters. The Bertz CT molecular complexity index is 952. The topological polar surface area (TPSA) is 95.1 Å². The SMILES string of the molecule is CSc1ccccc1NC(=O)CSc1nc2[nH]c(=O)cc(O)c2s1. The number of hydrogen-bond acceptors (Lipinski definition) is 7. The maximum absolute atomic E-state index is 12.1. The summed E-state index contributed by atoms with van der Waals surface area (Å²) in [5.41, 5.74) is 0.704. The molecule has 0 atom stereocenters. The van der Waals surface area contributed by atoms with Crippen molar-refractivity contribution in [2.45, 2.75) is 9.24 Å². The van der Waals surface area contributed by atoms with Gasteiger partial charge in [0.25, 0.3) is 5.56 Å². The molecule has 0 spiro atoms. The summed E-state index contributed by atoms with van der Waals surface area (Å²) in [6, 6.07) is 8.70. The summed E-state index contributed by atoms with van der Waals surface area (Å²) in [6.45, 7) is 0. The van der Waals surface area contributed by atoms with Crippen molar-refractivity contribution in [3.63, 3.8) is 0 Å². The van der Waals surface area contributed by atoms with Crippen molar-refractivity contribution in [1.82, 2.24) is 9.97 Å². The molecule has 2 aromatic heterocycles. The summed E-state index contributed by atoms with van der Waals surface area (Å²) in [6.07, 6.45) is 1.95. The van der Waals surface area contributed by atoms with Crippen molar-refractivity contribution < 1.29 is 9.90 Å². The van der Waals surface area contributed by atoms with Crippen LogP contribution in [0.2, 0.25) is 0 Å². The van der Waals surface area contributed by atoms with Gasteiger partial charge in [0.15, 0.2) is 9.99 Å². The number of amides is 1. The molecule has 0 bridgehead atoms. The standard InChI is InChI=1S/C15H13N3O3S3/c1-22-10-5-3-2-4-8(10)16-12(21)7-23-15-18-14-13(24-15)9(19)6-11(20)17-14/h2-6H,7H2,1H3,(H,16,21)(H2,17,19,20). The molecule has 1 aromatic carbocycles. The number of rotatable bonds is 5. The van der Waals surface area contributed by atoms with E-state index in [-0.39, 0.29) is 17.4 Å². The first kappa shape index (κ1) is 16.9. The predicted octanol–water partition coefficient (Wildman–Crippen LogP) is 3.14. The molecule has 0 saturated heterocycles. The van der Waals surface area contributed by atoms with Gasteiger partial charge < -0.3 is 15.4 Å². The van der Waals surface area contributed by atoms with Crippen LogP contribution in [-0.4, -0.2) is 33.0 Å². The Morgan fingerprint density at radius 1 is 1.42 bits per heavy atom. The van der Waals surface area contributed by atoms with Gasteiger partial charge in [-0.05, 0) is 18.4 Å². The highest BCUT2D eigenvalue weighted by Gasteiger charge is 2.12. The number of aromatic amines is 1. The van der Waals surface area contributed by atoms with Gasteiger partial charge in [0, 0.05) is 11.0 Å². The van der Waals surface area contributed by atoms with E-state index in [1.54, 1.807) is 11.8 Å². The van der Waals surface area contributed by atoms with Crippen LogP contribution in [0.5, 0.6) is 5.75 Å². The number of nitrogens with one attached hydrogen (secondary N) is 2. The Kier molecular flexibility index (Phi) is 5.12. The first-order chi connectivity index (χ1) is 11.6. The number of fused-ring (bicyclic) bond motifs is 1. The van der Waals surface area contributed by atoms with Gasteiger partial charge in [-0.1, -0.05) is 23.9 Å². The van der Waals surface area contributed by atoms with E-state index in [2.05, 4.69) is 15.3 Å². The lowest BCUT2D eigenvalue weighted by Crippen LogP contribution is -2.14. The number of H-pyrrole nitrogens is 1. The van der Waals surface area contributed by atoms with E-state index >= 15 is 0 Å². The number of nitrogens with zero attached hydrogens (tertiary/aromatic N) is 1. The maximum Gasteiger partial charge on any atom is 0.253 e. The number of carbonyl (C=O) groups excluding carboxylic acids is 1. The molecule has 0 fully saturated rings. The molecule has 1 amide bonds. The van der Waals surface area contributed by atoms with Crippen LogP contribution in [0.4, 0.5) is 5.69 Å². The third-order valence-electron chi connectivity index (χ3n) is 3.06. The van der Waals surface area contributed by atoms with Crippen LogP contribution in [0.15, 0.2) is 44.4 Å². The monoisotopic (exact) mass is 379 g/mol. The van der Waals surface area contributed by atoms with Crippen molar-refractivity contribution in [3.05, 3.63) is 40.7 Å². The fourth-order valence-corrected chi connectivity index (χ4v) is 4.39. The summed E-state index contributed by atoms with van der Waals surface area (Å²) in [7, 11) is 0. The Balaban J connectivity index is 1.68. The second-order valence-electron chi connectivity index (χ2n) is 4.71. The molecule has 2 heterocycles. The van der Waals surface area contributed by atoms with Gasteiger partial charge in [-0.2, -0.15) is 0 Å². The van der Waals surface area contributed by atoms with Crippen molar-refractivity contribution in [3.8, 4) is 5.75 Å². The quantitative estimate of drug-likeness (QED) is 0.590. The van der Waals surface area contributed by atoms with E-state index < -0.39 is 5.56 Å². The van der Waals surface area contributed by atoms with E-state index in [0.29, 0.717) is 14.7 Å². The zero-order valence-electron chi connectivity index (χ0n) is 12.5. The summed E-state index contributed by atoms with van der Waals surface area (Å²) >= 11 is 4.06. The minimum Gasteiger partial charge on any atom is -0.506 e. The number of carbonyl (C=O) groups is 1. The molecule has 9 heteroatoms. The van der Waals surface area contributed by atoms with Crippen LogP contribution in [0, 0.1) is 0 Å². The van der Waals surface area contributed by atoms with E-state index in [1.165, 1.54) is 23.1 Å². The second-order valence-corrected chi connectivity index (χ2v) is 7.78. The van der Waals surface area contributed by atoms with Gasteiger partial charge in [0.05, 0.1) is 11.4 Å². The van der Waals surface area contributed by atoms with Crippen molar-refractivity contribution in [2.24, 2.45) is 0 Å². The molecular weight excluding hydrogens is 366 g/mol. The minimum absolute atomic E-state index is 0.101. The molecular formula is C15H13N3O3S3. The highest BCUT2D eigenvalue weighted by molar-refractivity contribution is 8.01. The maximum atomic E-state index is 12.1. The first-order valence-electron chi connectivity index (χ1n) is 6.85. The molecule has 0 aliphatic carbocycles. The van der Waals surface area contributed by atoms with Crippen LogP contribution >= 0.6 is 34.9 Å². The van der Waals surface area contributed by atoms with Crippen molar-refractivity contribution in [2.75, 3.05) is 17.3 Å². The second kappa shape index (κ2) is 7.29. The first-order valence-corrected chi connectivity index (χ1v) is 9.88. The number of para-hydroxylation sites is 1. The summed E-state index contributed by atoms with van der Waals surface area (Å²) in [5, 5.41) is 12.6. The lowest BCUT2D eigenvalue weighted by atomic mass is 10.3. The average Bonchev–Trinajstić information content (AvgIpc) is 2.97.